The molecule has 4 unspecified atom stereocenters. The van der Waals surface area contributed by atoms with Crippen molar-refractivity contribution >= 4 is 17.5 Å². The number of ketones is 2. The molecule has 0 radical (unpaired) electrons. The molecule has 3 rings (SSSR count). The van der Waals surface area contributed by atoms with Crippen molar-refractivity contribution in [2.45, 2.75) is 37.6 Å². The lowest BCUT2D eigenvalue weighted by atomic mass is 9.65. The molecule has 128 valence electrons. The molecule has 1 aliphatic carbocycles. The predicted molar refractivity (Wildman–Crippen MR) is 80.8 cm³/mol. The highest BCUT2D eigenvalue weighted by molar-refractivity contribution is 6.20. The number of esters is 1. The quantitative estimate of drug-likeness (QED) is 0.772. The standard InChI is InChI=1S/C17H18O7/c1-8-17(22)11(6-9(24-8)7-13(19)23-2)15(20)10-4-3-5-12(18)14(10)16(17)21/h3-5,8-9,11,18,22H,6-7H2,1-2H3. The van der Waals surface area contributed by atoms with Crippen molar-refractivity contribution < 1.29 is 34.1 Å². The van der Waals surface area contributed by atoms with Crippen molar-refractivity contribution in [3.8, 4) is 5.75 Å². The zero-order chi connectivity index (χ0) is 17.6. The maximum Gasteiger partial charge on any atom is 0.308 e. The fourth-order valence-corrected chi connectivity index (χ4v) is 3.60. The zero-order valence-corrected chi connectivity index (χ0v) is 13.3. The molecule has 24 heavy (non-hydrogen) atoms. The second-order valence-electron chi connectivity index (χ2n) is 6.19. The van der Waals surface area contributed by atoms with E-state index in [-0.39, 0.29) is 29.7 Å². The minimum atomic E-state index is -2.06. The van der Waals surface area contributed by atoms with E-state index in [2.05, 4.69) is 4.74 Å². The third-order valence-corrected chi connectivity index (χ3v) is 4.88. The van der Waals surface area contributed by atoms with Crippen LogP contribution >= 0.6 is 0 Å². The summed E-state index contributed by atoms with van der Waals surface area (Å²) in [6, 6.07) is 4.21. The van der Waals surface area contributed by atoms with Crippen LogP contribution in [0.1, 0.15) is 40.5 Å². The Morgan fingerprint density at radius 1 is 1.42 bits per heavy atom. The van der Waals surface area contributed by atoms with Crippen molar-refractivity contribution in [1.29, 1.82) is 0 Å². The van der Waals surface area contributed by atoms with E-state index >= 15 is 0 Å². The molecule has 7 heteroatoms. The van der Waals surface area contributed by atoms with Gasteiger partial charge in [0.05, 0.1) is 37.2 Å². The summed E-state index contributed by atoms with van der Waals surface area (Å²) in [7, 11) is 1.25. The summed E-state index contributed by atoms with van der Waals surface area (Å²) in [5.41, 5.74) is -2.15. The highest BCUT2D eigenvalue weighted by Crippen LogP contribution is 2.45. The molecule has 1 fully saturated rings. The molecule has 0 bridgehead atoms. The van der Waals surface area contributed by atoms with Gasteiger partial charge in [-0.05, 0) is 19.4 Å². The van der Waals surface area contributed by atoms with E-state index in [1.807, 2.05) is 0 Å². The van der Waals surface area contributed by atoms with Gasteiger partial charge in [0.15, 0.2) is 11.4 Å². The van der Waals surface area contributed by atoms with Crippen LogP contribution in [-0.2, 0) is 14.3 Å². The Balaban J connectivity index is 2.03. The van der Waals surface area contributed by atoms with Gasteiger partial charge in [-0.3, -0.25) is 14.4 Å². The van der Waals surface area contributed by atoms with Gasteiger partial charge in [-0.15, -0.1) is 0 Å². The first-order chi connectivity index (χ1) is 11.3. The lowest BCUT2D eigenvalue weighted by Crippen LogP contribution is -2.64. The van der Waals surface area contributed by atoms with E-state index in [9.17, 15) is 24.6 Å². The molecule has 0 amide bonds. The number of ether oxygens (including phenoxy) is 2. The summed E-state index contributed by atoms with van der Waals surface area (Å²) < 4.78 is 10.2. The number of carbonyl (C=O) groups is 3. The summed E-state index contributed by atoms with van der Waals surface area (Å²) in [5.74, 6) is -3.04. The van der Waals surface area contributed by atoms with Gasteiger partial charge in [-0.1, -0.05) is 12.1 Å². The number of phenols is 1. The van der Waals surface area contributed by atoms with Crippen LogP contribution in [0, 0.1) is 5.92 Å². The molecular weight excluding hydrogens is 316 g/mol. The van der Waals surface area contributed by atoms with Crippen LogP contribution in [0.4, 0.5) is 0 Å². The van der Waals surface area contributed by atoms with Crippen LogP contribution in [-0.4, -0.2) is 52.7 Å². The van der Waals surface area contributed by atoms with E-state index in [4.69, 9.17) is 4.74 Å². The van der Waals surface area contributed by atoms with Crippen molar-refractivity contribution in [3.63, 3.8) is 0 Å². The number of aliphatic hydroxyl groups is 1. The summed E-state index contributed by atoms with van der Waals surface area (Å²) in [4.78, 5) is 37.1. The van der Waals surface area contributed by atoms with E-state index in [0.29, 0.717) is 0 Å². The highest BCUT2D eigenvalue weighted by atomic mass is 16.5. The molecular formula is C17H18O7. The average molecular weight is 334 g/mol. The molecule has 4 atom stereocenters. The fraction of sp³-hybridized carbons (Fsp3) is 0.471. The summed E-state index contributed by atoms with van der Waals surface area (Å²) >= 11 is 0. The maximum atomic E-state index is 12.8. The van der Waals surface area contributed by atoms with Gasteiger partial charge in [0, 0.05) is 5.56 Å². The molecule has 2 aliphatic rings. The number of benzene rings is 1. The van der Waals surface area contributed by atoms with Crippen molar-refractivity contribution in [1.82, 2.24) is 0 Å². The average Bonchev–Trinajstić information content (AvgIpc) is 2.55. The molecule has 1 aliphatic heterocycles. The Labute approximate surface area is 138 Å². The van der Waals surface area contributed by atoms with Crippen LogP contribution in [0.2, 0.25) is 0 Å². The normalized spacial score (nSPS) is 32.0. The third kappa shape index (κ3) is 2.23. The Morgan fingerprint density at radius 3 is 2.79 bits per heavy atom. The van der Waals surface area contributed by atoms with Crippen LogP contribution in [0.25, 0.3) is 0 Å². The lowest BCUT2D eigenvalue weighted by molar-refractivity contribution is -0.175. The second-order valence-corrected chi connectivity index (χ2v) is 6.19. The van der Waals surface area contributed by atoms with E-state index < -0.39 is 41.3 Å². The fourth-order valence-electron chi connectivity index (χ4n) is 3.60. The number of hydrogen-bond acceptors (Lipinski definition) is 7. The van der Waals surface area contributed by atoms with Crippen LogP contribution in [0.15, 0.2) is 18.2 Å². The van der Waals surface area contributed by atoms with Gasteiger partial charge in [-0.2, -0.15) is 0 Å². The van der Waals surface area contributed by atoms with E-state index in [1.165, 1.54) is 32.2 Å². The monoisotopic (exact) mass is 334 g/mol. The molecule has 0 saturated carbocycles. The van der Waals surface area contributed by atoms with E-state index in [1.54, 1.807) is 0 Å². The van der Waals surface area contributed by atoms with Crippen molar-refractivity contribution in [3.05, 3.63) is 29.3 Å². The largest absolute Gasteiger partial charge is 0.507 e. The molecule has 0 spiro atoms. The maximum absolute atomic E-state index is 12.8. The lowest BCUT2D eigenvalue weighted by Gasteiger charge is -2.47. The summed E-state index contributed by atoms with van der Waals surface area (Å²) in [6.07, 6.45) is -1.68. The predicted octanol–water partition coefficient (Wildman–Crippen LogP) is 0.859. The minimum Gasteiger partial charge on any atom is -0.507 e. The topological polar surface area (TPSA) is 110 Å². The number of rotatable bonds is 2. The molecule has 0 aromatic heterocycles. The second kappa shape index (κ2) is 5.68. The summed E-state index contributed by atoms with van der Waals surface area (Å²) in [5, 5.41) is 20.9. The first-order valence-corrected chi connectivity index (χ1v) is 7.66. The number of Topliss-reactive ketones (excluding diaryl/α,β-unsaturated/α-hetero) is 2. The number of phenolic OH excluding ortho intramolecular Hbond substituents is 1. The van der Waals surface area contributed by atoms with Gasteiger partial charge in [-0.25, -0.2) is 0 Å². The van der Waals surface area contributed by atoms with Crippen LogP contribution in [0.5, 0.6) is 5.75 Å². The third-order valence-electron chi connectivity index (χ3n) is 4.88. The van der Waals surface area contributed by atoms with E-state index in [0.717, 1.165) is 0 Å². The van der Waals surface area contributed by atoms with Gasteiger partial charge < -0.3 is 19.7 Å². The Morgan fingerprint density at radius 2 is 2.12 bits per heavy atom. The molecule has 1 aromatic rings. The zero-order valence-electron chi connectivity index (χ0n) is 13.3. The van der Waals surface area contributed by atoms with Crippen molar-refractivity contribution in [2.75, 3.05) is 7.11 Å². The number of methoxy groups -OCH3 is 1. The molecule has 1 saturated heterocycles. The van der Waals surface area contributed by atoms with Crippen LogP contribution < -0.4 is 0 Å². The molecule has 1 aromatic carbocycles. The molecule has 7 nitrogen and oxygen atoms in total. The molecule has 1 heterocycles. The highest BCUT2D eigenvalue weighted by Gasteiger charge is 2.60. The smallest absolute Gasteiger partial charge is 0.308 e. The van der Waals surface area contributed by atoms with Gasteiger partial charge in [0.25, 0.3) is 0 Å². The van der Waals surface area contributed by atoms with Gasteiger partial charge in [0.2, 0.25) is 5.78 Å². The number of fused-ring (bicyclic) bond motifs is 2. The number of carbonyl (C=O) groups excluding carboxylic acids is 3. The Bertz CT molecular complexity index is 726. The minimum absolute atomic E-state index is 0.0234. The first kappa shape index (κ1) is 16.6. The van der Waals surface area contributed by atoms with Gasteiger partial charge in [0.1, 0.15) is 5.75 Å². The van der Waals surface area contributed by atoms with Crippen molar-refractivity contribution in [2.24, 2.45) is 5.92 Å². The number of aromatic hydroxyl groups is 1. The number of hydrogen-bond donors (Lipinski definition) is 2. The Kier molecular flexibility index (Phi) is 3.93. The summed E-state index contributed by atoms with van der Waals surface area (Å²) in [6.45, 7) is 1.48. The molecule has 2 N–H and O–H groups in total. The van der Waals surface area contributed by atoms with Crippen LogP contribution in [0.3, 0.4) is 0 Å². The first-order valence-electron chi connectivity index (χ1n) is 7.66. The Hall–Kier alpha value is -2.25. The SMILES string of the molecule is COC(=O)CC1CC2C(=O)c3cccc(O)c3C(=O)C2(O)C(C)O1. The van der Waals surface area contributed by atoms with Gasteiger partial charge >= 0.3 is 5.97 Å².